The van der Waals surface area contributed by atoms with E-state index in [1.807, 2.05) is 0 Å². The smallest absolute Gasteiger partial charge is 0.291 e. The summed E-state index contributed by atoms with van der Waals surface area (Å²) in [6.07, 6.45) is 0. The van der Waals surface area contributed by atoms with Crippen LogP contribution in [-0.4, -0.2) is 20.6 Å². The molecule has 0 unspecified atom stereocenters. The topological polar surface area (TPSA) is 127 Å². The van der Waals surface area contributed by atoms with Crippen molar-refractivity contribution in [1.82, 2.24) is 0 Å². The van der Waals surface area contributed by atoms with Crippen LogP contribution in [0.4, 0.5) is 4.39 Å². The number of hydrogen-bond donors (Lipinski definition) is 2. The molecule has 0 heterocycles. The number of halogens is 1. The van der Waals surface area contributed by atoms with E-state index in [2.05, 4.69) is 0 Å². The van der Waals surface area contributed by atoms with Gasteiger partial charge in [0, 0.05) is 0 Å². The molecule has 0 aliphatic rings. The molecule has 0 aliphatic carbocycles. The minimum Gasteiger partial charge on any atom is -0.328 e. The zero-order chi connectivity index (χ0) is 12.3. The minimum atomic E-state index is -1.50. The fraction of sp³-hybridized carbons (Fsp3) is 0. The van der Waals surface area contributed by atoms with Crippen molar-refractivity contribution in [2.75, 3.05) is 0 Å². The predicted octanol–water partition coefficient (Wildman–Crippen LogP) is 1.13. The monoisotopic (exact) mass is 222 g/mol. The van der Waals surface area contributed by atoms with Crippen molar-refractivity contribution in [1.29, 1.82) is 0 Å². The van der Waals surface area contributed by atoms with Crippen molar-refractivity contribution in [3.8, 4) is 0 Å². The van der Waals surface area contributed by atoms with Gasteiger partial charge in [-0.25, -0.2) is 4.39 Å². The van der Waals surface area contributed by atoms with Gasteiger partial charge in [0.2, 0.25) is 0 Å². The quantitative estimate of drug-likeness (QED) is 0.500. The van der Waals surface area contributed by atoms with E-state index < -0.39 is 10.2 Å². The Morgan fingerprint density at radius 3 is 1.40 bits per heavy atom. The molecule has 0 fully saturated rings. The van der Waals surface area contributed by atoms with Crippen LogP contribution in [0.5, 0.6) is 0 Å². The van der Waals surface area contributed by atoms with Crippen LogP contribution in [0.1, 0.15) is 0 Å². The number of nitrogens with zero attached hydrogens (tertiary/aromatic N) is 2. The van der Waals surface area contributed by atoms with E-state index in [-0.39, 0.29) is 5.82 Å². The second-order valence-electron chi connectivity index (χ2n) is 1.77. The van der Waals surface area contributed by atoms with Gasteiger partial charge in [-0.3, -0.25) is 0 Å². The van der Waals surface area contributed by atoms with Gasteiger partial charge in [-0.15, -0.1) is 20.2 Å². The summed E-state index contributed by atoms with van der Waals surface area (Å²) in [5.41, 5.74) is 0. The molecule has 0 saturated carbocycles. The largest absolute Gasteiger partial charge is 0.328 e. The van der Waals surface area contributed by atoms with Crippen molar-refractivity contribution in [2.45, 2.75) is 0 Å². The molecule has 2 N–H and O–H groups in total. The summed E-state index contributed by atoms with van der Waals surface area (Å²) in [6.45, 7) is 0. The molecule has 0 amide bonds. The predicted molar refractivity (Wildman–Crippen MR) is 44.0 cm³/mol. The number of benzene rings is 1. The molecule has 0 spiro atoms. The molecule has 0 bridgehead atoms. The van der Waals surface area contributed by atoms with Crippen LogP contribution in [0.15, 0.2) is 30.3 Å². The van der Waals surface area contributed by atoms with Crippen molar-refractivity contribution < 1.29 is 25.0 Å². The molecule has 0 saturated heterocycles. The zero-order valence-electron chi connectivity index (χ0n) is 7.19. The van der Waals surface area contributed by atoms with Crippen LogP contribution in [0.3, 0.4) is 0 Å². The molecule has 0 radical (unpaired) electrons. The van der Waals surface area contributed by atoms with Crippen LogP contribution >= 0.6 is 0 Å². The first-order chi connectivity index (χ1) is 6.86. The molecule has 15 heavy (non-hydrogen) atoms. The van der Waals surface area contributed by atoms with Gasteiger partial charge in [0.15, 0.2) is 0 Å². The Morgan fingerprint density at radius 2 is 1.27 bits per heavy atom. The minimum absolute atomic E-state index is 0.178. The summed E-state index contributed by atoms with van der Waals surface area (Å²) in [4.78, 5) is 16.7. The van der Waals surface area contributed by atoms with Crippen molar-refractivity contribution in [3.05, 3.63) is 56.4 Å². The van der Waals surface area contributed by atoms with Gasteiger partial charge in [-0.2, -0.15) is 0 Å². The van der Waals surface area contributed by atoms with E-state index in [1.165, 1.54) is 12.1 Å². The maximum atomic E-state index is 11.9. The average molecular weight is 222 g/mol. The van der Waals surface area contributed by atoms with Gasteiger partial charge in [-0.1, -0.05) is 18.2 Å². The summed E-state index contributed by atoms with van der Waals surface area (Å²) < 4.78 is 11.9. The molecule has 0 atom stereocenters. The molecule has 84 valence electrons. The van der Waals surface area contributed by atoms with Gasteiger partial charge >= 0.3 is 0 Å². The van der Waals surface area contributed by atoms with Gasteiger partial charge in [0.25, 0.3) is 10.2 Å². The Hall–Kier alpha value is -2.45. The molecular formula is C6H7FN2O6. The maximum Gasteiger partial charge on any atom is 0.291 e. The second-order valence-corrected chi connectivity index (χ2v) is 1.77. The van der Waals surface area contributed by atoms with E-state index in [0.29, 0.717) is 0 Å². The number of rotatable bonds is 0. The van der Waals surface area contributed by atoms with Gasteiger partial charge < -0.3 is 10.4 Å². The van der Waals surface area contributed by atoms with Crippen molar-refractivity contribution >= 4 is 0 Å². The van der Waals surface area contributed by atoms with Gasteiger partial charge in [-0.05, 0) is 12.1 Å². The lowest BCUT2D eigenvalue weighted by Gasteiger charge is -1.78. The van der Waals surface area contributed by atoms with Crippen LogP contribution in [0.2, 0.25) is 0 Å². The van der Waals surface area contributed by atoms with Crippen molar-refractivity contribution in [3.63, 3.8) is 0 Å². The first-order valence-electron chi connectivity index (χ1n) is 3.23. The maximum absolute atomic E-state index is 11.9. The molecule has 8 nitrogen and oxygen atoms in total. The molecule has 0 aromatic heterocycles. The highest BCUT2D eigenvalue weighted by molar-refractivity contribution is 5.02. The lowest BCUT2D eigenvalue weighted by Crippen LogP contribution is -1.81. The normalized spacial score (nSPS) is 7.27. The Balaban J connectivity index is 0. The summed E-state index contributed by atoms with van der Waals surface area (Å²) in [7, 11) is 0. The fourth-order valence-electron chi connectivity index (χ4n) is 0.415. The van der Waals surface area contributed by atoms with E-state index in [0.717, 1.165) is 0 Å². The summed E-state index contributed by atoms with van der Waals surface area (Å²) in [5, 5.41) is 27.3. The highest BCUT2D eigenvalue weighted by Crippen LogP contribution is 1.91. The number of hydrogen-bond acceptors (Lipinski definition) is 4. The highest BCUT2D eigenvalue weighted by atomic mass is 19.1. The Bertz CT molecular complexity index is 273. The Morgan fingerprint density at radius 1 is 1.00 bits per heavy atom. The summed E-state index contributed by atoms with van der Waals surface area (Å²) in [6, 6.07) is 7.94. The SMILES string of the molecule is Fc1ccccc1.O=[N+]([O-])O.O=[N+]([O-])O. The van der Waals surface area contributed by atoms with Crippen LogP contribution in [0, 0.1) is 26.0 Å². The van der Waals surface area contributed by atoms with Crippen molar-refractivity contribution in [2.24, 2.45) is 0 Å². The van der Waals surface area contributed by atoms with Crippen LogP contribution in [-0.2, 0) is 0 Å². The Kier molecular flexibility index (Phi) is 9.66. The van der Waals surface area contributed by atoms with E-state index in [1.54, 1.807) is 18.2 Å². The van der Waals surface area contributed by atoms with Crippen LogP contribution < -0.4 is 0 Å². The lowest BCUT2D eigenvalue weighted by molar-refractivity contribution is -0.742. The summed E-state index contributed by atoms with van der Waals surface area (Å²) in [5.74, 6) is -0.178. The van der Waals surface area contributed by atoms with Gasteiger partial charge in [0.1, 0.15) is 5.82 Å². The van der Waals surface area contributed by atoms with E-state index >= 15 is 0 Å². The molecule has 1 aromatic rings. The van der Waals surface area contributed by atoms with E-state index in [4.69, 9.17) is 30.6 Å². The second kappa shape index (κ2) is 9.64. The molecule has 1 rings (SSSR count). The Labute approximate surface area is 82.4 Å². The first kappa shape index (κ1) is 15.0. The highest BCUT2D eigenvalue weighted by Gasteiger charge is 1.77. The first-order valence-corrected chi connectivity index (χ1v) is 3.23. The molecule has 1 aromatic carbocycles. The standard InChI is InChI=1S/C6H5F.2HNO3/c7-6-4-2-1-3-5-6;2*2-1(3)4/h1-5H;2*(H,2,3,4). The van der Waals surface area contributed by atoms with E-state index in [9.17, 15) is 4.39 Å². The fourth-order valence-corrected chi connectivity index (χ4v) is 0.415. The zero-order valence-corrected chi connectivity index (χ0v) is 7.19. The lowest BCUT2D eigenvalue weighted by atomic mass is 10.4. The van der Waals surface area contributed by atoms with Gasteiger partial charge in [0.05, 0.1) is 0 Å². The molecule has 0 aliphatic heterocycles. The summed E-state index contributed by atoms with van der Waals surface area (Å²) >= 11 is 0. The van der Waals surface area contributed by atoms with Crippen LogP contribution in [0.25, 0.3) is 0 Å². The molecule has 9 heteroatoms. The third kappa shape index (κ3) is 34.2. The third-order valence-electron chi connectivity index (χ3n) is 0.733. The average Bonchev–Trinajstić information content (AvgIpc) is 2.03. The molecular weight excluding hydrogens is 215 g/mol. The third-order valence-corrected chi connectivity index (χ3v) is 0.733.